The van der Waals surface area contributed by atoms with E-state index in [1.807, 2.05) is 18.2 Å². The van der Waals surface area contributed by atoms with Crippen molar-refractivity contribution in [1.29, 1.82) is 0 Å². The van der Waals surface area contributed by atoms with Crippen LogP contribution >= 0.6 is 0 Å². The Labute approximate surface area is 141 Å². The molecule has 0 unspecified atom stereocenters. The number of alkyl halides is 3. The van der Waals surface area contributed by atoms with Crippen molar-refractivity contribution in [3.8, 4) is 11.5 Å². The fourth-order valence-corrected chi connectivity index (χ4v) is 2.68. The van der Waals surface area contributed by atoms with Crippen LogP contribution in [0.5, 0.6) is 11.5 Å². The molecule has 3 nitrogen and oxygen atoms in total. The maximum atomic E-state index is 12.6. The Morgan fingerprint density at radius 3 is 2.36 bits per heavy atom. The predicted octanol–water partition coefficient (Wildman–Crippen LogP) is 5.15. The number of aromatic nitrogens is 1. The fraction of sp³-hybridized carbons (Fsp3) is 0.105. The zero-order valence-electron chi connectivity index (χ0n) is 12.9. The minimum atomic E-state index is -4.33. The molecule has 0 N–H and O–H groups in total. The van der Waals surface area contributed by atoms with E-state index in [0.717, 1.165) is 22.9 Å². The maximum Gasteiger partial charge on any atom is 0.416 e. The molecule has 25 heavy (non-hydrogen) atoms. The predicted molar refractivity (Wildman–Crippen MR) is 88.2 cm³/mol. The summed E-state index contributed by atoms with van der Waals surface area (Å²) in [5.41, 5.74) is 0.698. The van der Waals surface area contributed by atoms with Gasteiger partial charge in [0.1, 0.15) is 0 Å². The van der Waals surface area contributed by atoms with E-state index in [-0.39, 0.29) is 6.79 Å². The molecule has 1 aliphatic heterocycles. The Bertz CT molecular complexity index is 963. The smallest absolute Gasteiger partial charge is 0.416 e. The average molecular weight is 343 g/mol. The van der Waals surface area contributed by atoms with Gasteiger partial charge in [0, 0.05) is 11.6 Å². The summed E-state index contributed by atoms with van der Waals surface area (Å²) in [4.78, 5) is 4.34. The summed E-state index contributed by atoms with van der Waals surface area (Å²) in [5.74, 6) is 1.35. The first-order chi connectivity index (χ1) is 12.0. The molecule has 0 bridgehead atoms. The quantitative estimate of drug-likeness (QED) is 0.645. The first-order valence-electron chi connectivity index (χ1n) is 7.54. The van der Waals surface area contributed by atoms with Gasteiger partial charge in [-0.15, -0.1) is 0 Å². The van der Waals surface area contributed by atoms with Crippen LogP contribution in [0.1, 0.15) is 16.8 Å². The Hall–Kier alpha value is -3.02. The highest BCUT2D eigenvalue weighted by atomic mass is 19.4. The zero-order chi connectivity index (χ0) is 17.4. The molecule has 0 fully saturated rings. The molecule has 2 aromatic carbocycles. The highest BCUT2D eigenvalue weighted by molar-refractivity contribution is 5.93. The minimum Gasteiger partial charge on any atom is -0.454 e. The van der Waals surface area contributed by atoms with Crippen LogP contribution in [0.15, 0.2) is 48.7 Å². The summed E-state index contributed by atoms with van der Waals surface area (Å²) in [6.07, 6.45) is 0.846. The lowest BCUT2D eigenvalue weighted by molar-refractivity contribution is -0.137. The molecule has 1 aliphatic rings. The Morgan fingerprint density at radius 1 is 0.920 bits per heavy atom. The molecule has 0 saturated carbocycles. The van der Waals surface area contributed by atoms with Gasteiger partial charge in [0.15, 0.2) is 11.5 Å². The largest absolute Gasteiger partial charge is 0.454 e. The summed E-state index contributed by atoms with van der Waals surface area (Å²) >= 11 is 0. The number of benzene rings is 2. The van der Waals surface area contributed by atoms with E-state index in [2.05, 4.69) is 4.98 Å². The monoisotopic (exact) mass is 343 g/mol. The standard InChI is InChI=1S/C19H12F3NO2/c20-19(21,22)14-4-1-12(2-5-14)3-6-16-15-10-18-17(24-11-25-18)9-13(15)7-8-23-16/h1-10H,11H2. The van der Waals surface area contributed by atoms with Crippen LogP contribution in [-0.4, -0.2) is 11.8 Å². The molecule has 0 saturated heterocycles. The molecule has 0 spiro atoms. The second-order valence-electron chi connectivity index (χ2n) is 5.58. The van der Waals surface area contributed by atoms with E-state index in [1.165, 1.54) is 12.1 Å². The molecule has 2 heterocycles. The van der Waals surface area contributed by atoms with Crippen LogP contribution < -0.4 is 9.47 Å². The fourth-order valence-electron chi connectivity index (χ4n) is 2.68. The first kappa shape index (κ1) is 15.5. The number of nitrogens with zero attached hydrogens (tertiary/aromatic N) is 1. The van der Waals surface area contributed by atoms with Gasteiger partial charge in [-0.3, -0.25) is 4.98 Å². The van der Waals surface area contributed by atoms with E-state index in [9.17, 15) is 13.2 Å². The van der Waals surface area contributed by atoms with Gasteiger partial charge in [-0.2, -0.15) is 13.2 Å². The number of halogens is 3. The first-order valence-corrected chi connectivity index (χ1v) is 7.54. The van der Waals surface area contributed by atoms with Crippen LogP contribution in [-0.2, 0) is 6.18 Å². The van der Waals surface area contributed by atoms with Crippen LogP contribution in [0.2, 0.25) is 0 Å². The molecule has 0 amide bonds. The molecule has 0 aliphatic carbocycles. The van der Waals surface area contributed by atoms with Crippen molar-refractivity contribution in [3.63, 3.8) is 0 Å². The van der Waals surface area contributed by atoms with E-state index in [0.29, 0.717) is 22.8 Å². The van der Waals surface area contributed by atoms with Gasteiger partial charge >= 0.3 is 6.18 Å². The highest BCUT2D eigenvalue weighted by Crippen LogP contribution is 2.37. The van der Waals surface area contributed by atoms with Crippen molar-refractivity contribution in [1.82, 2.24) is 4.98 Å². The molecular formula is C19H12F3NO2. The summed E-state index contributed by atoms with van der Waals surface area (Å²) in [7, 11) is 0. The number of fused-ring (bicyclic) bond motifs is 2. The molecule has 0 radical (unpaired) electrons. The van der Waals surface area contributed by atoms with Crippen molar-refractivity contribution in [2.45, 2.75) is 6.18 Å². The summed E-state index contributed by atoms with van der Waals surface area (Å²) in [6, 6.07) is 10.6. The minimum absolute atomic E-state index is 0.190. The van der Waals surface area contributed by atoms with Crippen LogP contribution in [0.4, 0.5) is 13.2 Å². The lowest BCUT2D eigenvalue weighted by Gasteiger charge is -2.06. The lowest BCUT2D eigenvalue weighted by atomic mass is 10.1. The summed E-state index contributed by atoms with van der Waals surface area (Å²) in [6.45, 7) is 0.190. The molecule has 4 rings (SSSR count). The van der Waals surface area contributed by atoms with Crippen molar-refractivity contribution in [3.05, 3.63) is 65.5 Å². The van der Waals surface area contributed by atoms with Crippen molar-refractivity contribution < 1.29 is 22.6 Å². The van der Waals surface area contributed by atoms with Crippen molar-refractivity contribution in [2.75, 3.05) is 6.79 Å². The summed E-state index contributed by atoms with van der Waals surface area (Å²) in [5, 5.41) is 1.83. The van der Waals surface area contributed by atoms with E-state index in [4.69, 9.17) is 9.47 Å². The summed E-state index contributed by atoms with van der Waals surface area (Å²) < 4.78 is 48.6. The third-order valence-corrected chi connectivity index (χ3v) is 3.96. The van der Waals surface area contributed by atoms with Crippen molar-refractivity contribution in [2.24, 2.45) is 0 Å². The highest BCUT2D eigenvalue weighted by Gasteiger charge is 2.29. The number of ether oxygens (including phenoxy) is 2. The van der Waals surface area contributed by atoms with Gasteiger partial charge in [0.05, 0.1) is 11.3 Å². The molecule has 6 heteroatoms. The third kappa shape index (κ3) is 3.03. The van der Waals surface area contributed by atoms with Gasteiger partial charge in [-0.25, -0.2) is 0 Å². The lowest BCUT2D eigenvalue weighted by Crippen LogP contribution is -2.03. The normalized spacial score (nSPS) is 13.7. The van der Waals surface area contributed by atoms with Gasteiger partial charge in [0.25, 0.3) is 0 Å². The van der Waals surface area contributed by atoms with Crippen LogP contribution in [0.3, 0.4) is 0 Å². The van der Waals surface area contributed by atoms with Crippen LogP contribution in [0, 0.1) is 0 Å². The Morgan fingerprint density at radius 2 is 1.64 bits per heavy atom. The molecule has 3 aromatic rings. The topological polar surface area (TPSA) is 31.4 Å². The SMILES string of the molecule is FC(F)(F)c1ccc(C=Cc2nccc3cc4c(cc23)OCO4)cc1. The van der Waals surface area contributed by atoms with Gasteiger partial charge in [-0.1, -0.05) is 18.2 Å². The number of pyridine rings is 1. The number of rotatable bonds is 2. The molecular weight excluding hydrogens is 331 g/mol. The number of hydrogen-bond donors (Lipinski definition) is 0. The molecule has 1 aromatic heterocycles. The zero-order valence-corrected chi connectivity index (χ0v) is 12.9. The van der Waals surface area contributed by atoms with E-state index >= 15 is 0 Å². The maximum absolute atomic E-state index is 12.6. The van der Waals surface area contributed by atoms with Gasteiger partial charge in [-0.05, 0) is 47.4 Å². The van der Waals surface area contributed by atoms with E-state index in [1.54, 1.807) is 18.3 Å². The second kappa shape index (κ2) is 5.81. The second-order valence-corrected chi connectivity index (χ2v) is 5.58. The Kier molecular flexibility index (Phi) is 3.60. The van der Waals surface area contributed by atoms with Gasteiger partial charge < -0.3 is 9.47 Å². The average Bonchev–Trinajstić information content (AvgIpc) is 3.05. The van der Waals surface area contributed by atoms with Crippen LogP contribution in [0.25, 0.3) is 22.9 Å². The Balaban J connectivity index is 1.67. The number of hydrogen-bond acceptors (Lipinski definition) is 3. The third-order valence-electron chi connectivity index (χ3n) is 3.96. The molecule has 0 atom stereocenters. The van der Waals surface area contributed by atoms with E-state index < -0.39 is 11.7 Å². The van der Waals surface area contributed by atoms with Crippen molar-refractivity contribution >= 4 is 22.9 Å². The van der Waals surface area contributed by atoms with Gasteiger partial charge in [0.2, 0.25) is 6.79 Å². The molecule has 126 valence electrons.